The molecule has 1 aliphatic heterocycles. The fourth-order valence-corrected chi connectivity index (χ4v) is 2.86. The number of halogens is 2. The number of rotatable bonds is 4. The molecule has 0 aliphatic carbocycles. The molecule has 3 rings (SSSR count). The van der Waals surface area contributed by atoms with Crippen molar-refractivity contribution >= 4 is 46.6 Å². The molecule has 4 nitrogen and oxygen atoms in total. The van der Waals surface area contributed by atoms with E-state index in [-0.39, 0.29) is 5.91 Å². The van der Waals surface area contributed by atoms with Crippen LogP contribution in [0.2, 0.25) is 10.0 Å². The second-order valence-corrected chi connectivity index (χ2v) is 6.46. The van der Waals surface area contributed by atoms with Crippen LogP contribution in [-0.4, -0.2) is 32.2 Å². The standard InChI is InChI=1S/C19H18Cl2N2O2/c20-17-7-1-14(13-18(17)21)2-8-19(24)22-15-3-5-16(6-4-15)23-9-11-25-12-10-23/h1-8,13H,9-12H2,(H,22,24). The Balaban J connectivity index is 1.58. The summed E-state index contributed by atoms with van der Waals surface area (Å²) in [5.74, 6) is -0.204. The van der Waals surface area contributed by atoms with Crippen LogP contribution in [0, 0.1) is 0 Å². The van der Waals surface area contributed by atoms with E-state index in [9.17, 15) is 4.79 Å². The maximum absolute atomic E-state index is 12.0. The van der Waals surface area contributed by atoms with Gasteiger partial charge < -0.3 is 15.0 Å². The highest BCUT2D eigenvalue weighted by Gasteiger charge is 2.10. The van der Waals surface area contributed by atoms with E-state index in [1.807, 2.05) is 24.3 Å². The third-order valence-corrected chi connectivity index (χ3v) is 4.62. The molecule has 1 heterocycles. The summed E-state index contributed by atoms with van der Waals surface area (Å²) < 4.78 is 5.35. The van der Waals surface area contributed by atoms with Gasteiger partial charge in [0.15, 0.2) is 0 Å². The summed E-state index contributed by atoms with van der Waals surface area (Å²) in [7, 11) is 0. The molecule has 0 saturated carbocycles. The third-order valence-electron chi connectivity index (χ3n) is 3.88. The molecule has 2 aromatic rings. The number of carbonyl (C=O) groups excluding carboxylic acids is 1. The minimum atomic E-state index is -0.204. The van der Waals surface area contributed by atoms with E-state index < -0.39 is 0 Å². The maximum Gasteiger partial charge on any atom is 0.248 e. The molecule has 6 heteroatoms. The van der Waals surface area contributed by atoms with Gasteiger partial charge >= 0.3 is 0 Å². The first kappa shape index (κ1) is 17.8. The van der Waals surface area contributed by atoms with Crippen LogP contribution in [0.4, 0.5) is 11.4 Å². The van der Waals surface area contributed by atoms with Gasteiger partial charge in [0.2, 0.25) is 5.91 Å². The minimum Gasteiger partial charge on any atom is -0.378 e. The first-order chi connectivity index (χ1) is 12.1. The Kier molecular flexibility index (Phi) is 5.97. The topological polar surface area (TPSA) is 41.6 Å². The molecule has 2 aromatic carbocycles. The molecular weight excluding hydrogens is 359 g/mol. The highest BCUT2D eigenvalue weighted by Crippen LogP contribution is 2.23. The second-order valence-electron chi connectivity index (χ2n) is 5.64. The van der Waals surface area contributed by atoms with Crippen molar-refractivity contribution in [1.82, 2.24) is 0 Å². The van der Waals surface area contributed by atoms with Crippen LogP contribution in [0.25, 0.3) is 6.08 Å². The molecule has 0 bridgehead atoms. The number of carbonyl (C=O) groups is 1. The van der Waals surface area contributed by atoms with Crippen molar-refractivity contribution in [2.24, 2.45) is 0 Å². The Morgan fingerprint density at radius 2 is 1.76 bits per heavy atom. The lowest BCUT2D eigenvalue weighted by Gasteiger charge is -2.28. The van der Waals surface area contributed by atoms with E-state index in [0.29, 0.717) is 10.0 Å². The lowest BCUT2D eigenvalue weighted by Crippen LogP contribution is -2.36. The summed E-state index contributed by atoms with van der Waals surface area (Å²) in [6, 6.07) is 13.0. The quantitative estimate of drug-likeness (QED) is 0.799. The number of ether oxygens (including phenoxy) is 1. The number of anilines is 2. The van der Waals surface area contributed by atoms with Crippen molar-refractivity contribution in [3.8, 4) is 0 Å². The van der Waals surface area contributed by atoms with Crippen LogP contribution >= 0.6 is 23.2 Å². The van der Waals surface area contributed by atoms with E-state index in [1.54, 1.807) is 24.3 Å². The van der Waals surface area contributed by atoms with E-state index >= 15 is 0 Å². The van der Waals surface area contributed by atoms with Gasteiger partial charge in [-0.15, -0.1) is 0 Å². The van der Waals surface area contributed by atoms with Gasteiger partial charge in [-0.1, -0.05) is 29.3 Å². The van der Waals surface area contributed by atoms with Crippen molar-refractivity contribution in [1.29, 1.82) is 0 Å². The molecule has 1 saturated heterocycles. The van der Waals surface area contributed by atoms with Crippen LogP contribution in [0.15, 0.2) is 48.5 Å². The van der Waals surface area contributed by atoms with Gasteiger partial charge in [-0.05, 0) is 48.0 Å². The molecule has 25 heavy (non-hydrogen) atoms. The monoisotopic (exact) mass is 376 g/mol. The van der Waals surface area contributed by atoms with Crippen molar-refractivity contribution in [2.45, 2.75) is 0 Å². The van der Waals surface area contributed by atoms with Crippen molar-refractivity contribution in [3.63, 3.8) is 0 Å². The minimum absolute atomic E-state index is 0.204. The summed E-state index contributed by atoms with van der Waals surface area (Å²) >= 11 is 11.8. The number of hydrogen-bond acceptors (Lipinski definition) is 3. The lowest BCUT2D eigenvalue weighted by atomic mass is 10.2. The Morgan fingerprint density at radius 3 is 2.44 bits per heavy atom. The van der Waals surface area contributed by atoms with E-state index in [2.05, 4.69) is 10.2 Å². The highest BCUT2D eigenvalue weighted by atomic mass is 35.5. The summed E-state index contributed by atoms with van der Waals surface area (Å²) in [5.41, 5.74) is 2.70. The van der Waals surface area contributed by atoms with Crippen LogP contribution in [0.3, 0.4) is 0 Å². The van der Waals surface area contributed by atoms with E-state index in [4.69, 9.17) is 27.9 Å². The van der Waals surface area contributed by atoms with Gasteiger partial charge in [0, 0.05) is 30.5 Å². The highest BCUT2D eigenvalue weighted by molar-refractivity contribution is 6.42. The molecule has 1 N–H and O–H groups in total. The molecule has 0 atom stereocenters. The number of amides is 1. The molecule has 1 amide bonds. The molecule has 0 spiro atoms. The largest absolute Gasteiger partial charge is 0.378 e. The average Bonchev–Trinajstić information content (AvgIpc) is 2.64. The van der Waals surface area contributed by atoms with Crippen LogP contribution in [-0.2, 0) is 9.53 Å². The second kappa shape index (κ2) is 8.39. The van der Waals surface area contributed by atoms with Gasteiger partial charge in [0.1, 0.15) is 0 Å². The Bertz CT molecular complexity index is 769. The number of benzene rings is 2. The maximum atomic E-state index is 12.0. The molecule has 0 aromatic heterocycles. The van der Waals surface area contributed by atoms with Gasteiger partial charge in [0.05, 0.1) is 23.3 Å². The van der Waals surface area contributed by atoms with Crippen molar-refractivity contribution in [3.05, 3.63) is 64.1 Å². The number of hydrogen-bond donors (Lipinski definition) is 1. The first-order valence-corrected chi connectivity index (χ1v) is 8.74. The zero-order valence-corrected chi connectivity index (χ0v) is 15.1. The molecule has 0 radical (unpaired) electrons. The van der Waals surface area contributed by atoms with Crippen LogP contribution in [0.5, 0.6) is 0 Å². The molecule has 0 unspecified atom stereocenters. The molecule has 130 valence electrons. The number of nitrogens with one attached hydrogen (secondary N) is 1. The molecule has 1 fully saturated rings. The zero-order valence-electron chi connectivity index (χ0n) is 13.5. The fraction of sp³-hybridized carbons (Fsp3) is 0.211. The van der Waals surface area contributed by atoms with E-state index in [1.165, 1.54) is 6.08 Å². The van der Waals surface area contributed by atoms with Gasteiger partial charge in [-0.25, -0.2) is 0 Å². The third kappa shape index (κ3) is 4.98. The van der Waals surface area contributed by atoms with E-state index in [0.717, 1.165) is 43.2 Å². The Hall–Kier alpha value is -2.01. The predicted octanol–water partition coefficient (Wildman–Crippen LogP) is 4.48. The summed E-state index contributed by atoms with van der Waals surface area (Å²) in [5, 5.41) is 3.79. The Labute approximate surface area is 157 Å². The predicted molar refractivity (Wildman–Crippen MR) is 104 cm³/mol. The van der Waals surface area contributed by atoms with Gasteiger partial charge in [0.25, 0.3) is 0 Å². The van der Waals surface area contributed by atoms with Crippen LogP contribution < -0.4 is 10.2 Å². The zero-order chi connectivity index (χ0) is 17.6. The van der Waals surface area contributed by atoms with Gasteiger partial charge in [-0.3, -0.25) is 4.79 Å². The van der Waals surface area contributed by atoms with Crippen molar-refractivity contribution < 1.29 is 9.53 Å². The molecule has 1 aliphatic rings. The number of nitrogens with zero attached hydrogens (tertiary/aromatic N) is 1. The fourth-order valence-electron chi connectivity index (χ4n) is 2.55. The normalized spacial score (nSPS) is 14.7. The summed E-state index contributed by atoms with van der Waals surface area (Å²) in [6.45, 7) is 3.27. The summed E-state index contributed by atoms with van der Waals surface area (Å²) in [6.07, 6.45) is 3.16. The van der Waals surface area contributed by atoms with Crippen LogP contribution in [0.1, 0.15) is 5.56 Å². The number of morpholine rings is 1. The lowest BCUT2D eigenvalue weighted by molar-refractivity contribution is -0.111. The smallest absolute Gasteiger partial charge is 0.248 e. The molecular formula is C19H18Cl2N2O2. The SMILES string of the molecule is O=C(C=Cc1ccc(Cl)c(Cl)c1)Nc1ccc(N2CCOCC2)cc1. The van der Waals surface area contributed by atoms with Gasteiger partial charge in [-0.2, -0.15) is 0 Å². The average molecular weight is 377 g/mol. The first-order valence-electron chi connectivity index (χ1n) is 7.99. The summed E-state index contributed by atoms with van der Waals surface area (Å²) in [4.78, 5) is 14.3. The van der Waals surface area contributed by atoms with Crippen molar-refractivity contribution in [2.75, 3.05) is 36.5 Å². The Morgan fingerprint density at radius 1 is 1.04 bits per heavy atom.